The molecule has 4 heteroatoms. The van der Waals surface area contributed by atoms with Gasteiger partial charge < -0.3 is 10.0 Å². The molecule has 0 aromatic rings. The van der Waals surface area contributed by atoms with E-state index in [1.807, 2.05) is 0 Å². The maximum Gasteiger partial charge on any atom is 0.261 e. The molecule has 1 rings (SSSR count). The van der Waals surface area contributed by atoms with E-state index in [0.29, 0.717) is 18.9 Å². The second kappa shape index (κ2) is 10.5. The zero-order valence-corrected chi connectivity index (χ0v) is 15.9. The number of carbonyl (C=O) groups excluding carboxylic acids is 2. The molecule has 24 heavy (non-hydrogen) atoms. The van der Waals surface area contributed by atoms with Crippen LogP contribution >= 0.6 is 0 Å². The maximum absolute atomic E-state index is 12.5. The van der Waals surface area contributed by atoms with Gasteiger partial charge >= 0.3 is 0 Å². The molecule has 1 N–H and O–H groups in total. The van der Waals surface area contributed by atoms with Crippen LogP contribution in [0.4, 0.5) is 0 Å². The van der Waals surface area contributed by atoms with Gasteiger partial charge in [0, 0.05) is 6.54 Å². The highest BCUT2D eigenvalue weighted by molar-refractivity contribution is 6.26. The molecule has 1 aliphatic heterocycles. The predicted octanol–water partition coefficient (Wildman–Crippen LogP) is 4.79. The smallest absolute Gasteiger partial charge is 0.261 e. The van der Waals surface area contributed by atoms with Crippen molar-refractivity contribution in [3.8, 4) is 0 Å². The number of likely N-dealkylation sites (tertiary alicyclic amines) is 1. The van der Waals surface area contributed by atoms with Crippen molar-refractivity contribution in [1.29, 1.82) is 0 Å². The summed E-state index contributed by atoms with van der Waals surface area (Å²) in [5.41, 5.74) is 0.000200. The summed E-state index contributed by atoms with van der Waals surface area (Å²) in [6, 6.07) is -0.390. The van der Waals surface area contributed by atoms with Gasteiger partial charge in [0.05, 0.1) is 6.04 Å². The molecule has 1 amide bonds. The average molecular weight is 338 g/mol. The summed E-state index contributed by atoms with van der Waals surface area (Å²) in [5, 5.41) is 9.69. The maximum atomic E-state index is 12.5. The standard InChI is InChI=1S/C20H35NO3/c1-5-6-7-8-9-10-11-12-13-21-17(14-15(2)3)19(23)18(16(4)22)20(21)24/h15,17,22H,5-14H2,1-4H3/b18-16-. The van der Waals surface area contributed by atoms with E-state index in [2.05, 4.69) is 20.8 Å². The number of nitrogens with zero attached hydrogens (tertiary/aromatic N) is 1. The molecule has 1 saturated heterocycles. The van der Waals surface area contributed by atoms with E-state index in [4.69, 9.17) is 0 Å². The number of rotatable bonds is 11. The van der Waals surface area contributed by atoms with Crippen LogP contribution in [0.5, 0.6) is 0 Å². The molecular weight excluding hydrogens is 302 g/mol. The van der Waals surface area contributed by atoms with Crippen molar-refractivity contribution in [1.82, 2.24) is 4.90 Å². The molecule has 1 fully saturated rings. The summed E-state index contributed by atoms with van der Waals surface area (Å²) < 4.78 is 0. The van der Waals surface area contributed by atoms with Gasteiger partial charge in [-0.3, -0.25) is 9.59 Å². The summed E-state index contributed by atoms with van der Waals surface area (Å²) in [6.45, 7) is 8.38. The first-order valence-electron chi connectivity index (χ1n) is 9.65. The summed E-state index contributed by atoms with van der Waals surface area (Å²) >= 11 is 0. The second-order valence-corrected chi connectivity index (χ2v) is 7.44. The van der Waals surface area contributed by atoms with Crippen LogP contribution in [0.2, 0.25) is 0 Å². The fourth-order valence-corrected chi connectivity index (χ4v) is 3.39. The second-order valence-electron chi connectivity index (χ2n) is 7.44. The van der Waals surface area contributed by atoms with E-state index in [9.17, 15) is 14.7 Å². The Morgan fingerprint density at radius 1 is 1.04 bits per heavy atom. The predicted molar refractivity (Wildman–Crippen MR) is 97.9 cm³/mol. The van der Waals surface area contributed by atoms with Crippen LogP contribution in [0.1, 0.15) is 85.5 Å². The summed E-state index contributed by atoms with van der Waals surface area (Å²) in [7, 11) is 0. The zero-order chi connectivity index (χ0) is 18.1. The highest BCUT2D eigenvalue weighted by Crippen LogP contribution is 2.27. The molecule has 1 unspecified atom stereocenters. The number of allylic oxidation sites excluding steroid dienone is 1. The lowest BCUT2D eigenvalue weighted by atomic mass is 9.99. The first-order chi connectivity index (χ1) is 11.4. The monoisotopic (exact) mass is 337 g/mol. The Bertz CT molecular complexity index is 450. The Morgan fingerprint density at radius 2 is 1.58 bits per heavy atom. The molecule has 0 aliphatic carbocycles. The number of aliphatic hydroxyl groups is 1. The Kier molecular flexibility index (Phi) is 9.09. The molecule has 0 saturated carbocycles. The van der Waals surface area contributed by atoms with Gasteiger partial charge in [0.1, 0.15) is 11.3 Å². The molecule has 1 heterocycles. The first-order valence-corrected chi connectivity index (χ1v) is 9.65. The molecule has 0 radical (unpaired) electrons. The molecule has 0 spiro atoms. The number of carbonyl (C=O) groups is 2. The lowest BCUT2D eigenvalue weighted by Gasteiger charge is -2.24. The average Bonchev–Trinajstić information content (AvgIpc) is 2.73. The van der Waals surface area contributed by atoms with Crippen LogP contribution in [0.3, 0.4) is 0 Å². The van der Waals surface area contributed by atoms with Crippen LogP contribution in [-0.2, 0) is 9.59 Å². The molecule has 0 aromatic carbocycles. The number of unbranched alkanes of at least 4 members (excludes halogenated alkanes) is 7. The van der Waals surface area contributed by atoms with Gasteiger partial charge in [0.25, 0.3) is 5.91 Å². The molecule has 1 atom stereocenters. The van der Waals surface area contributed by atoms with Crippen molar-refractivity contribution in [2.45, 2.75) is 91.5 Å². The highest BCUT2D eigenvalue weighted by Gasteiger charge is 2.44. The molecule has 0 aromatic heterocycles. The Morgan fingerprint density at radius 3 is 2.08 bits per heavy atom. The molecule has 0 bridgehead atoms. The van der Waals surface area contributed by atoms with E-state index in [-0.39, 0.29) is 29.1 Å². The fraction of sp³-hybridized carbons (Fsp3) is 0.800. The quantitative estimate of drug-likeness (QED) is 0.255. The number of aliphatic hydroxyl groups excluding tert-OH is 1. The largest absolute Gasteiger partial charge is 0.512 e. The van der Waals surface area contributed by atoms with Gasteiger partial charge in [-0.05, 0) is 25.7 Å². The van der Waals surface area contributed by atoms with Crippen LogP contribution in [0.15, 0.2) is 11.3 Å². The van der Waals surface area contributed by atoms with Gasteiger partial charge in [0.2, 0.25) is 0 Å². The van der Waals surface area contributed by atoms with E-state index in [1.165, 1.54) is 45.4 Å². The fourth-order valence-electron chi connectivity index (χ4n) is 3.39. The van der Waals surface area contributed by atoms with Crippen molar-refractivity contribution in [2.75, 3.05) is 6.54 Å². The normalized spacial score (nSPS) is 20.4. The van der Waals surface area contributed by atoms with Crippen LogP contribution < -0.4 is 0 Å². The Balaban J connectivity index is 2.50. The van der Waals surface area contributed by atoms with Gasteiger partial charge in [-0.15, -0.1) is 0 Å². The van der Waals surface area contributed by atoms with Crippen molar-refractivity contribution in [2.24, 2.45) is 5.92 Å². The Labute approximate surface area is 147 Å². The Hall–Kier alpha value is -1.32. The minimum atomic E-state index is -0.390. The van der Waals surface area contributed by atoms with Gasteiger partial charge in [-0.2, -0.15) is 0 Å². The summed E-state index contributed by atoms with van der Waals surface area (Å²) in [6.07, 6.45) is 10.3. The number of amides is 1. The van der Waals surface area contributed by atoms with E-state index >= 15 is 0 Å². The number of hydrogen-bond acceptors (Lipinski definition) is 3. The van der Waals surface area contributed by atoms with Crippen molar-refractivity contribution >= 4 is 11.7 Å². The summed E-state index contributed by atoms with van der Waals surface area (Å²) in [4.78, 5) is 26.6. The lowest BCUT2D eigenvalue weighted by molar-refractivity contribution is -0.127. The zero-order valence-electron chi connectivity index (χ0n) is 15.9. The van der Waals surface area contributed by atoms with Crippen LogP contribution in [0, 0.1) is 5.92 Å². The highest BCUT2D eigenvalue weighted by atomic mass is 16.3. The van der Waals surface area contributed by atoms with E-state index < -0.39 is 0 Å². The van der Waals surface area contributed by atoms with Crippen molar-refractivity contribution in [3.05, 3.63) is 11.3 Å². The first kappa shape index (κ1) is 20.7. The van der Waals surface area contributed by atoms with Gasteiger partial charge in [-0.25, -0.2) is 0 Å². The SMILES string of the molecule is CCCCCCCCCCN1C(=O)/C(=C(/C)O)C(=O)C1CC(C)C. The molecule has 1 aliphatic rings. The molecule has 138 valence electrons. The van der Waals surface area contributed by atoms with Gasteiger partial charge in [-0.1, -0.05) is 65.7 Å². The summed E-state index contributed by atoms with van der Waals surface area (Å²) in [5.74, 6) is -0.287. The molecular formula is C20H35NO3. The van der Waals surface area contributed by atoms with E-state index in [1.54, 1.807) is 4.90 Å². The number of Topliss-reactive ketones (excluding diaryl/α,β-unsaturated/α-hetero) is 1. The van der Waals surface area contributed by atoms with Crippen molar-refractivity contribution in [3.63, 3.8) is 0 Å². The van der Waals surface area contributed by atoms with E-state index in [0.717, 1.165) is 12.8 Å². The third-order valence-electron chi connectivity index (χ3n) is 4.71. The molecule has 4 nitrogen and oxygen atoms in total. The van der Waals surface area contributed by atoms with Gasteiger partial charge in [0.15, 0.2) is 5.78 Å². The third kappa shape index (κ3) is 5.95. The third-order valence-corrected chi connectivity index (χ3v) is 4.71. The van der Waals surface area contributed by atoms with Crippen molar-refractivity contribution < 1.29 is 14.7 Å². The number of ketones is 1. The number of hydrogen-bond donors (Lipinski definition) is 1. The van der Waals surface area contributed by atoms with Crippen LogP contribution in [-0.4, -0.2) is 34.3 Å². The lowest BCUT2D eigenvalue weighted by Crippen LogP contribution is -2.37. The minimum Gasteiger partial charge on any atom is -0.512 e. The topological polar surface area (TPSA) is 57.6 Å². The van der Waals surface area contributed by atoms with Crippen LogP contribution in [0.25, 0.3) is 0 Å². The minimum absolute atomic E-state index is 0.000200.